The van der Waals surface area contributed by atoms with Crippen molar-refractivity contribution < 1.29 is 14.3 Å². The SMILES string of the molecule is COC(=O)N/N=C/C(=O)c1c(N)ncn1Cc1ccccc1. The van der Waals surface area contributed by atoms with Crippen molar-refractivity contribution in [3.63, 3.8) is 0 Å². The molecule has 1 amide bonds. The number of ketones is 1. The van der Waals surface area contributed by atoms with Crippen molar-refractivity contribution in [1.82, 2.24) is 15.0 Å². The van der Waals surface area contributed by atoms with Gasteiger partial charge < -0.3 is 15.0 Å². The molecule has 8 nitrogen and oxygen atoms in total. The van der Waals surface area contributed by atoms with Crippen molar-refractivity contribution in [2.75, 3.05) is 12.8 Å². The zero-order valence-electron chi connectivity index (χ0n) is 11.9. The van der Waals surface area contributed by atoms with Crippen molar-refractivity contribution in [2.45, 2.75) is 6.54 Å². The highest BCUT2D eigenvalue weighted by Crippen LogP contribution is 2.12. The third-order valence-electron chi connectivity index (χ3n) is 2.82. The number of nitrogens with zero attached hydrogens (tertiary/aromatic N) is 3. The van der Waals surface area contributed by atoms with E-state index in [1.165, 1.54) is 13.4 Å². The number of rotatable bonds is 5. The van der Waals surface area contributed by atoms with Crippen LogP contribution in [0.25, 0.3) is 0 Å². The number of amides is 1. The van der Waals surface area contributed by atoms with Crippen LogP contribution >= 0.6 is 0 Å². The Hall–Kier alpha value is -3.16. The molecule has 0 atom stereocenters. The fraction of sp³-hybridized carbons (Fsp3) is 0.143. The molecule has 0 saturated heterocycles. The first-order valence-electron chi connectivity index (χ1n) is 6.37. The zero-order chi connectivity index (χ0) is 15.9. The van der Waals surface area contributed by atoms with Gasteiger partial charge >= 0.3 is 6.09 Å². The molecule has 2 rings (SSSR count). The molecule has 1 aromatic carbocycles. The molecule has 0 aliphatic rings. The third kappa shape index (κ3) is 3.69. The lowest BCUT2D eigenvalue weighted by atomic mass is 10.2. The highest BCUT2D eigenvalue weighted by Gasteiger charge is 2.15. The lowest BCUT2D eigenvalue weighted by molar-refractivity contribution is 0.106. The summed E-state index contributed by atoms with van der Waals surface area (Å²) in [6.45, 7) is 0.449. The molecule has 0 aliphatic heterocycles. The summed E-state index contributed by atoms with van der Waals surface area (Å²) in [6.07, 6.45) is 1.66. The maximum absolute atomic E-state index is 12.1. The number of nitrogen functional groups attached to an aromatic ring is 1. The Kier molecular flexibility index (Phi) is 4.86. The molecule has 8 heteroatoms. The molecule has 114 valence electrons. The molecule has 1 heterocycles. The van der Waals surface area contributed by atoms with Crippen LogP contribution in [0.15, 0.2) is 41.8 Å². The van der Waals surface area contributed by atoms with Gasteiger partial charge in [0, 0.05) is 6.54 Å². The normalized spacial score (nSPS) is 10.6. The van der Waals surface area contributed by atoms with Gasteiger partial charge in [-0.05, 0) is 5.56 Å². The van der Waals surface area contributed by atoms with Crippen LogP contribution in [-0.2, 0) is 11.3 Å². The minimum Gasteiger partial charge on any atom is -0.452 e. The summed E-state index contributed by atoms with van der Waals surface area (Å²) in [5.41, 5.74) is 8.96. The lowest BCUT2D eigenvalue weighted by Crippen LogP contribution is -2.19. The van der Waals surface area contributed by atoms with Gasteiger partial charge in [0.25, 0.3) is 0 Å². The number of carbonyl (C=O) groups excluding carboxylic acids is 2. The lowest BCUT2D eigenvalue weighted by Gasteiger charge is -2.06. The number of hydrogen-bond acceptors (Lipinski definition) is 6. The second kappa shape index (κ2) is 7.02. The fourth-order valence-corrected chi connectivity index (χ4v) is 1.82. The Balaban J connectivity index is 2.15. The van der Waals surface area contributed by atoms with E-state index in [9.17, 15) is 9.59 Å². The molecular formula is C14H15N5O3. The van der Waals surface area contributed by atoms with E-state index >= 15 is 0 Å². The molecule has 0 saturated carbocycles. The van der Waals surface area contributed by atoms with Crippen LogP contribution in [0, 0.1) is 0 Å². The highest BCUT2D eigenvalue weighted by atomic mass is 16.5. The molecular weight excluding hydrogens is 286 g/mol. The molecule has 1 aromatic heterocycles. The second-order valence-corrected chi connectivity index (χ2v) is 4.32. The molecule has 2 aromatic rings. The van der Waals surface area contributed by atoms with Crippen LogP contribution in [0.5, 0.6) is 0 Å². The van der Waals surface area contributed by atoms with Crippen molar-refractivity contribution in [3.05, 3.63) is 47.9 Å². The number of methoxy groups -OCH3 is 1. The Bertz CT molecular complexity index is 694. The average molecular weight is 301 g/mol. The Morgan fingerprint density at radius 3 is 2.82 bits per heavy atom. The van der Waals surface area contributed by atoms with Crippen molar-refractivity contribution in [2.24, 2.45) is 5.10 Å². The van der Waals surface area contributed by atoms with Crippen LogP contribution in [0.4, 0.5) is 10.6 Å². The number of ether oxygens (including phenoxy) is 1. The van der Waals surface area contributed by atoms with Gasteiger partial charge in [0.1, 0.15) is 5.69 Å². The van der Waals surface area contributed by atoms with Crippen LogP contribution in [0.2, 0.25) is 0 Å². The summed E-state index contributed by atoms with van der Waals surface area (Å²) in [6, 6.07) is 9.56. The molecule has 0 aliphatic carbocycles. The van der Waals surface area contributed by atoms with Gasteiger partial charge in [-0.3, -0.25) is 4.79 Å². The van der Waals surface area contributed by atoms with Gasteiger partial charge in [0.15, 0.2) is 5.82 Å². The van der Waals surface area contributed by atoms with E-state index in [0.29, 0.717) is 6.54 Å². The van der Waals surface area contributed by atoms with Crippen LogP contribution in [0.1, 0.15) is 16.1 Å². The maximum atomic E-state index is 12.1. The first-order valence-corrected chi connectivity index (χ1v) is 6.37. The number of nitrogens with one attached hydrogen (secondary N) is 1. The minimum absolute atomic E-state index is 0.102. The summed E-state index contributed by atoms with van der Waals surface area (Å²) in [7, 11) is 1.19. The molecule has 0 unspecified atom stereocenters. The number of hydrazone groups is 1. The fourth-order valence-electron chi connectivity index (χ4n) is 1.82. The van der Waals surface area contributed by atoms with E-state index in [2.05, 4.69) is 14.8 Å². The van der Waals surface area contributed by atoms with Crippen LogP contribution in [-0.4, -0.2) is 34.8 Å². The van der Waals surface area contributed by atoms with E-state index in [1.807, 2.05) is 35.8 Å². The Morgan fingerprint density at radius 2 is 2.14 bits per heavy atom. The minimum atomic E-state index is -0.769. The first kappa shape index (κ1) is 15.2. The Morgan fingerprint density at radius 1 is 1.41 bits per heavy atom. The summed E-state index contributed by atoms with van der Waals surface area (Å²) in [4.78, 5) is 26.9. The zero-order valence-corrected chi connectivity index (χ0v) is 11.9. The Labute approximate surface area is 126 Å². The topological polar surface area (TPSA) is 112 Å². The number of carbonyl (C=O) groups is 2. The van der Waals surface area contributed by atoms with Gasteiger partial charge in [-0.25, -0.2) is 15.2 Å². The van der Waals surface area contributed by atoms with Gasteiger partial charge in [-0.15, -0.1) is 0 Å². The molecule has 0 fully saturated rings. The monoisotopic (exact) mass is 301 g/mol. The van der Waals surface area contributed by atoms with Gasteiger partial charge in [0.2, 0.25) is 5.78 Å². The highest BCUT2D eigenvalue weighted by molar-refractivity contribution is 6.36. The number of Topliss-reactive ketones (excluding diaryl/α,β-unsaturated/α-hetero) is 1. The molecule has 0 bridgehead atoms. The van der Waals surface area contributed by atoms with Crippen LogP contribution < -0.4 is 11.2 Å². The second-order valence-electron chi connectivity index (χ2n) is 4.32. The predicted octanol–water partition coefficient (Wildman–Crippen LogP) is 1.04. The number of anilines is 1. The summed E-state index contributed by atoms with van der Waals surface area (Å²) >= 11 is 0. The number of hydrogen-bond donors (Lipinski definition) is 2. The maximum Gasteiger partial charge on any atom is 0.427 e. The number of benzene rings is 1. The van der Waals surface area contributed by atoms with Gasteiger partial charge in [-0.1, -0.05) is 30.3 Å². The average Bonchev–Trinajstić information content (AvgIpc) is 2.88. The third-order valence-corrected chi connectivity index (χ3v) is 2.82. The first-order chi connectivity index (χ1) is 10.6. The molecule has 0 radical (unpaired) electrons. The van der Waals surface area contributed by atoms with E-state index in [4.69, 9.17) is 5.73 Å². The number of imidazole rings is 1. The van der Waals surface area contributed by atoms with Gasteiger partial charge in [-0.2, -0.15) is 5.10 Å². The van der Waals surface area contributed by atoms with E-state index in [0.717, 1.165) is 11.8 Å². The largest absolute Gasteiger partial charge is 0.452 e. The molecule has 22 heavy (non-hydrogen) atoms. The van der Waals surface area contributed by atoms with Crippen molar-refractivity contribution >= 4 is 23.9 Å². The van der Waals surface area contributed by atoms with E-state index in [-0.39, 0.29) is 11.5 Å². The molecule has 3 N–H and O–H groups in total. The summed E-state index contributed by atoms with van der Waals surface area (Å²) in [5, 5.41) is 3.49. The summed E-state index contributed by atoms with van der Waals surface area (Å²) < 4.78 is 5.95. The van der Waals surface area contributed by atoms with Crippen molar-refractivity contribution in [3.8, 4) is 0 Å². The van der Waals surface area contributed by atoms with E-state index < -0.39 is 11.9 Å². The number of nitrogens with two attached hydrogens (primary N) is 1. The van der Waals surface area contributed by atoms with E-state index in [1.54, 1.807) is 4.57 Å². The van der Waals surface area contributed by atoms with Crippen molar-refractivity contribution in [1.29, 1.82) is 0 Å². The van der Waals surface area contributed by atoms with Gasteiger partial charge in [0.05, 0.1) is 19.7 Å². The standard InChI is InChI=1S/C14H15N5O3/c1-22-14(21)18-17-7-11(20)12-13(15)16-9-19(12)8-10-5-3-2-4-6-10/h2-7,9H,8,15H2,1H3,(H,18,21)/b17-7+. The smallest absolute Gasteiger partial charge is 0.427 e. The van der Waals surface area contributed by atoms with Crippen LogP contribution in [0.3, 0.4) is 0 Å². The number of aromatic nitrogens is 2. The summed E-state index contributed by atoms with van der Waals surface area (Å²) in [5.74, 6) is -0.368. The molecule has 0 spiro atoms. The quantitative estimate of drug-likeness (QED) is 0.487. The predicted molar refractivity (Wildman–Crippen MR) is 80.5 cm³/mol.